The fourth-order valence-corrected chi connectivity index (χ4v) is 3.12. The Balaban J connectivity index is 1.58. The van der Waals surface area contributed by atoms with Gasteiger partial charge in [-0.25, -0.2) is 9.78 Å². The number of urea groups is 1. The molecule has 3 N–H and O–H groups in total. The number of rotatable bonds is 8. The number of aromatic nitrogens is 2. The van der Waals surface area contributed by atoms with Gasteiger partial charge in [0.05, 0.1) is 0 Å². The molecule has 34 heavy (non-hydrogen) atoms. The number of amides is 2. The van der Waals surface area contributed by atoms with E-state index in [0.717, 1.165) is 42.4 Å². The van der Waals surface area contributed by atoms with E-state index in [0.29, 0.717) is 17.3 Å². The van der Waals surface area contributed by atoms with Crippen molar-refractivity contribution < 1.29 is 22.7 Å². The molecule has 1 aromatic heterocycles. The molecular weight excluding hydrogens is 449 g/mol. The van der Waals surface area contributed by atoms with E-state index in [1.165, 1.54) is 12.1 Å². The largest absolute Gasteiger partial charge is 0.573 e. The minimum Gasteiger partial charge on any atom is -0.406 e. The topological polar surface area (TPSA) is 91.4 Å². The maximum atomic E-state index is 12.2. The van der Waals surface area contributed by atoms with E-state index < -0.39 is 12.4 Å². The number of hydrogen-bond acceptors (Lipinski definition) is 6. The Kier molecular flexibility index (Phi) is 7.77. The summed E-state index contributed by atoms with van der Waals surface area (Å²) in [4.78, 5) is 23.3. The van der Waals surface area contributed by atoms with Gasteiger partial charge in [0, 0.05) is 41.9 Å². The highest BCUT2D eigenvalue weighted by Crippen LogP contribution is 2.24. The third kappa shape index (κ3) is 7.26. The number of benzene rings is 2. The predicted octanol–water partition coefficient (Wildman–Crippen LogP) is 5.92. The summed E-state index contributed by atoms with van der Waals surface area (Å²) >= 11 is 0. The average molecular weight is 474 g/mol. The standard InChI is InChI=1S/C23H25F3N6O2/c1-4-32(5-2)20-14-15(3)27-21(31-20)28-16-6-8-17(9-7-16)29-22(33)30-18-10-12-19(13-11-18)34-23(24,25)26/h6-14H,4-5H2,1-3H3,(H,27,28,31)(H2,29,30,33). The summed E-state index contributed by atoms with van der Waals surface area (Å²) in [5.41, 5.74) is 2.41. The quantitative estimate of drug-likeness (QED) is 0.376. The van der Waals surface area contributed by atoms with Crippen LogP contribution in [0.1, 0.15) is 19.5 Å². The SMILES string of the molecule is CCN(CC)c1cc(C)nc(Nc2ccc(NC(=O)Nc3ccc(OC(F)(F)F)cc3)cc2)n1. The van der Waals surface area contributed by atoms with Gasteiger partial charge >= 0.3 is 12.4 Å². The van der Waals surface area contributed by atoms with Crippen LogP contribution < -0.4 is 25.6 Å². The Morgan fingerprint density at radius 3 is 1.97 bits per heavy atom. The normalized spacial score (nSPS) is 11.0. The lowest BCUT2D eigenvalue weighted by Gasteiger charge is -2.20. The van der Waals surface area contributed by atoms with Gasteiger partial charge in [0.15, 0.2) is 0 Å². The summed E-state index contributed by atoms with van der Waals surface area (Å²) in [6, 6.07) is 13.2. The van der Waals surface area contributed by atoms with Crippen molar-refractivity contribution in [1.82, 2.24) is 9.97 Å². The van der Waals surface area contributed by atoms with Crippen molar-refractivity contribution in [3.05, 3.63) is 60.3 Å². The molecule has 0 saturated heterocycles. The Labute approximate surface area is 195 Å². The van der Waals surface area contributed by atoms with Crippen LogP contribution in [0.3, 0.4) is 0 Å². The molecule has 3 aromatic rings. The maximum Gasteiger partial charge on any atom is 0.573 e. The second kappa shape index (κ2) is 10.7. The molecule has 0 bridgehead atoms. The zero-order valence-electron chi connectivity index (χ0n) is 18.9. The molecule has 0 spiro atoms. The van der Waals surface area contributed by atoms with Crippen LogP contribution in [0.15, 0.2) is 54.6 Å². The van der Waals surface area contributed by atoms with Crippen LogP contribution in [-0.2, 0) is 0 Å². The molecule has 180 valence electrons. The molecule has 0 aliphatic heterocycles. The van der Waals surface area contributed by atoms with Gasteiger partial charge in [0.1, 0.15) is 11.6 Å². The lowest BCUT2D eigenvalue weighted by atomic mass is 10.3. The van der Waals surface area contributed by atoms with Crippen molar-refractivity contribution >= 4 is 34.9 Å². The van der Waals surface area contributed by atoms with E-state index in [1.54, 1.807) is 24.3 Å². The molecule has 0 saturated carbocycles. The molecule has 0 aliphatic rings. The van der Waals surface area contributed by atoms with Crippen LogP contribution in [0.4, 0.5) is 46.8 Å². The molecule has 0 unspecified atom stereocenters. The number of nitrogens with one attached hydrogen (secondary N) is 3. The van der Waals surface area contributed by atoms with Crippen LogP contribution in [0, 0.1) is 6.92 Å². The van der Waals surface area contributed by atoms with Crippen LogP contribution in [-0.4, -0.2) is 35.5 Å². The number of carbonyl (C=O) groups is 1. The molecule has 0 fully saturated rings. The van der Waals surface area contributed by atoms with Crippen molar-refractivity contribution in [1.29, 1.82) is 0 Å². The fraction of sp³-hybridized carbons (Fsp3) is 0.261. The smallest absolute Gasteiger partial charge is 0.406 e. The maximum absolute atomic E-state index is 12.2. The van der Waals surface area contributed by atoms with Crippen LogP contribution in [0.2, 0.25) is 0 Å². The fourth-order valence-electron chi connectivity index (χ4n) is 3.12. The highest BCUT2D eigenvalue weighted by molar-refractivity contribution is 5.99. The minimum absolute atomic E-state index is 0.311. The van der Waals surface area contributed by atoms with Crippen molar-refractivity contribution in [2.45, 2.75) is 27.1 Å². The van der Waals surface area contributed by atoms with Gasteiger partial charge in [-0.2, -0.15) is 4.98 Å². The zero-order chi connectivity index (χ0) is 24.7. The summed E-state index contributed by atoms with van der Waals surface area (Å²) in [6.45, 7) is 7.70. The Hall–Kier alpha value is -4.02. The molecular formula is C23H25F3N6O2. The van der Waals surface area contributed by atoms with Crippen LogP contribution in [0.5, 0.6) is 5.75 Å². The van der Waals surface area contributed by atoms with E-state index in [9.17, 15) is 18.0 Å². The molecule has 2 amide bonds. The van der Waals surface area contributed by atoms with E-state index in [4.69, 9.17) is 0 Å². The van der Waals surface area contributed by atoms with Gasteiger partial charge < -0.3 is 25.6 Å². The Morgan fingerprint density at radius 1 is 0.912 bits per heavy atom. The number of anilines is 5. The van der Waals surface area contributed by atoms with Gasteiger partial charge in [-0.1, -0.05) is 0 Å². The Bertz CT molecular complexity index is 1100. The van der Waals surface area contributed by atoms with E-state index in [1.807, 2.05) is 13.0 Å². The summed E-state index contributed by atoms with van der Waals surface area (Å²) < 4.78 is 40.5. The first kappa shape index (κ1) is 24.6. The van der Waals surface area contributed by atoms with Gasteiger partial charge in [-0.3, -0.25) is 0 Å². The minimum atomic E-state index is -4.77. The summed E-state index contributed by atoms with van der Waals surface area (Å²) in [5.74, 6) is 0.939. The zero-order valence-corrected chi connectivity index (χ0v) is 18.9. The van der Waals surface area contributed by atoms with Crippen molar-refractivity contribution in [2.24, 2.45) is 0 Å². The molecule has 11 heteroatoms. The first-order valence-corrected chi connectivity index (χ1v) is 10.6. The van der Waals surface area contributed by atoms with Gasteiger partial charge in [-0.15, -0.1) is 13.2 Å². The van der Waals surface area contributed by atoms with Gasteiger partial charge in [-0.05, 0) is 69.3 Å². The highest BCUT2D eigenvalue weighted by Gasteiger charge is 2.30. The second-order valence-corrected chi connectivity index (χ2v) is 7.22. The summed E-state index contributed by atoms with van der Waals surface area (Å²) in [7, 11) is 0. The monoisotopic (exact) mass is 474 g/mol. The molecule has 0 aliphatic carbocycles. The highest BCUT2D eigenvalue weighted by atomic mass is 19.4. The number of alkyl halides is 3. The molecule has 0 radical (unpaired) electrons. The molecule has 1 heterocycles. The van der Waals surface area contributed by atoms with Crippen molar-refractivity contribution in [3.63, 3.8) is 0 Å². The summed E-state index contributed by atoms with van der Waals surface area (Å²) in [5, 5.41) is 8.36. The molecule has 8 nitrogen and oxygen atoms in total. The van der Waals surface area contributed by atoms with Crippen LogP contribution >= 0.6 is 0 Å². The van der Waals surface area contributed by atoms with Crippen LogP contribution in [0.25, 0.3) is 0 Å². The average Bonchev–Trinajstić information content (AvgIpc) is 2.76. The number of halogens is 3. The number of hydrogen-bond donors (Lipinski definition) is 3. The first-order valence-electron chi connectivity index (χ1n) is 10.6. The molecule has 3 rings (SSSR count). The Morgan fingerprint density at radius 2 is 1.44 bits per heavy atom. The number of aryl methyl sites for hydroxylation is 1. The van der Waals surface area contributed by atoms with Crippen molar-refractivity contribution in [3.8, 4) is 5.75 Å². The van der Waals surface area contributed by atoms with E-state index in [-0.39, 0.29) is 5.75 Å². The predicted molar refractivity (Wildman–Crippen MR) is 126 cm³/mol. The lowest BCUT2D eigenvalue weighted by Crippen LogP contribution is -2.23. The third-order valence-corrected chi connectivity index (χ3v) is 4.67. The van der Waals surface area contributed by atoms with E-state index >= 15 is 0 Å². The number of carbonyl (C=O) groups excluding carboxylic acids is 1. The lowest BCUT2D eigenvalue weighted by molar-refractivity contribution is -0.274. The summed E-state index contributed by atoms with van der Waals surface area (Å²) in [6.07, 6.45) is -4.77. The number of nitrogens with zero attached hydrogens (tertiary/aromatic N) is 3. The van der Waals surface area contributed by atoms with Crippen molar-refractivity contribution in [2.75, 3.05) is 33.9 Å². The van der Waals surface area contributed by atoms with Gasteiger partial charge in [0.25, 0.3) is 0 Å². The molecule has 2 aromatic carbocycles. The third-order valence-electron chi connectivity index (χ3n) is 4.67. The van der Waals surface area contributed by atoms with E-state index in [2.05, 4.69) is 49.4 Å². The van der Waals surface area contributed by atoms with Gasteiger partial charge in [0.2, 0.25) is 5.95 Å². The second-order valence-electron chi connectivity index (χ2n) is 7.22. The number of ether oxygens (including phenoxy) is 1. The molecule has 0 atom stereocenters. The first-order chi connectivity index (χ1) is 16.1.